The maximum atomic E-state index is 12.4. The molecule has 7 heteroatoms. The number of nitriles is 1. The molecule has 0 atom stereocenters. The van der Waals surface area contributed by atoms with Crippen LogP contribution in [-0.4, -0.2) is 20.9 Å². The first-order valence-corrected chi connectivity index (χ1v) is 8.76. The SMILES string of the molecule is N#Cc1ccccc1OS(=O)(=O)c1ccc(N2CCCC2=O)cc1. The average Bonchev–Trinajstić information content (AvgIpc) is 3.01. The van der Waals surface area contributed by atoms with Crippen molar-refractivity contribution in [3.63, 3.8) is 0 Å². The van der Waals surface area contributed by atoms with Gasteiger partial charge in [0.05, 0.1) is 5.56 Å². The number of para-hydroxylation sites is 1. The van der Waals surface area contributed by atoms with Gasteiger partial charge in [-0.2, -0.15) is 13.7 Å². The van der Waals surface area contributed by atoms with Gasteiger partial charge in [0.25, 0.3) is 0 Å². The summed E-state index contributed by atoms with van der Waals surface area (Å²) < 4.78 is 29.8. The number of benzene rings is 2. The van der Waals surface area contributed by atoms with Gasteiger partial charge < -0.3 is 9.08 Å². The molecule has 0 bridgehead atoms. The Bertz CT molecular complexity index is 914. The Morgan fingerprint density at radius 3 is 2.42 bits per heavy atom. The number of carbonyl (C=O) groups is 1. The van der Waals surface area contributed by atoms with Crippen molar-refractivity contribution < 1.29 is 17.4 Å². The van der Waals surface area contributed by atoms with Crippen LogP contribution in [0.1, 0.15) is 18.4 Å². The summed E-state index contributed by atoms with van der Waals surface area (Å²) in [6, 6.07) is 14.0. The van der Waals surface area contributed by atoms with Crippen molar-refractivity contribution >= 4 is 21.7 Å². The van der Waals surface area contributed by atoms with Crippen molar-refractivity contribution in [2.24, 2.45) is 0 Å². The van der Waals surface area contributed by atoms with Crippen molar-refractivity contribution in [3.8, 4) is 11.8 Å². The van der Waals surface area contributed by atoms with Crippen molar-refractivity contribution in [2.75, 3.05) is 11.4 Å². The molecular weight excluding hydrogens is 328 g/mol. The highest BCUT2D eigenvalue weighted by atomic mass is 32.2. The molecule has 1 aliphatic heterocycles. The summed E-state index contributed by atoms with van der Waals surface area (Å²) in [5, 5.41) is 9.01. The Hall–Kier alpha value is -2.85. The number of nitrogens with zero attached hydrogens (tertiary/aromatic N) is 2. The Labute approximate surface area is 140 Å². The molecule has 1 saturated heterocycles. The lowest BCUT2D eigenvalue weighted by Crippen LogP contribution is -2.23. The van der Waals surface area contributed by atoms with Crippen LogP contribution in [0.4, 0.5) is 5.69 Å². The second kappa shape index (κ2) is 6.34. The van der Waals surface area contributed by atoms with Gasteiger partial charge in [0, 0.05) is 18.7 Å². The number of rotatable bonds is 4. The van der Waals surface area contributed by atoms with Crippen LogP contribution in [0, 0.1) is 11.3 Å². The van der Waals surface area contributed by atoms with E-state index in [4.69, 9.17) is 9.44 Å². The zero-order valence-corrected chi connectivity index (χ0v) is 13.5. The van der Waals surface area contributed by atoms with E-state index in [1.54, 1.807) is 29.2 Å². The molecular formula is C17H14N2O4S. The molecule has 0 unspecified atom stereocenters. The Kier molecular flexibility index (Phi) is 4.23. The molecule has 2 aromatic carbocycles. The lowest BCUT2D eigenvalue weighted by atomic mass is 10.2. The first-order chi connectivity index (χ1) is 11.5. The Morgan fingerprint density at radius 2 is 1.79 bits per heavy atom. The summed E-state index contributed by atoms with van der Waals surface area (Å²) in [7, 11) is -4.05. The molecule has 0 saturated carbocycles. The number of hydrogen-bond acceptors (Lipinski definition) is 5. The zero-order chi connectivity index (χ0) is 17.2. The monoisotopic (exact) mass is 342 g/mol. The molecule has 122 valence electrons. The number of anilines is 1. The summed E-state index contributed by atoms with van der Waals surface area (Å²) in [6.45, 7) is 0.636. The summed E-state index contributed by atoms with van der Waals surface area (Å²) in [5.74, 6) is 0.0172. The van der Waals surface area contributed by atoms with Crippen molar-refractivity contribution in [2.45, 2.75) is 17.7 Å². The normalized spacial score (nSPS) is 14.5. The molecule has 1 fully saturated rings. The van der Waals surface area contributed by atoms with Crippen LogP contribution in [0.15, 0.2) is 53.4 Å². The number of carbonyl (C=O) groups excluding carboxylic acids is 1. The molecule has 1 amide bonds. The Morgan fingerprint density at radius 1 is 1.08 bits per heavy atom. The first kappa shape index (κ1) is 16.0. The Balaban J connectivity index is 1.85. The minimum absolute atomic E-state index is 0.0150. The van der Waals surface area contributed by atoms with Gasteiger partial charge in [-0.25, -0.2) is 0 Å². The van der Waals surface area contributed by atoms with Gasteiger partial charge in [0.1, 0.15) is 11.0 Å². The van der Waals surface area contributed by atoms with Crippen LogP contribution < -0.4 is 9.08 Å². The van der Waals surface area contributed by atoms with Gasteiger partial charge in [-0.05, 0) is 42.8 Å². The molecule has 24 heavy (non-hydrogen) atoms. The molecule has 1 aliphatic rings. The zero-order valence-electron chi connectivity index (χ0n) is 12.7. The van der Waals surface area contributed by atoms with E-state index in [1.165, 1.54) is 24.3 Å². The molecule has 0 radical (unpaired) electrons. The first-order valence-electron chi connectivity index (χ1n) is 7.35. The predicted molar refractivity (Wildman–Crippen MR) is 87.0 cm³/mol. The van der Waals surface area contributed by atoms with Crippen LogP contribution in [0.2, 0.25) is 0 Å². The van der Waals surface area contributed by atoms with Gasteiger partial charge in [-0.15, -0.1) is 0 Å². The highest BCUT2D eigenvalue weighted by Crippen LogP contribution is 2.25. The molecule has 0 spiro atoms. The summed E-state index contributed by atoms with van der Waals surface area (Å²) in [4.78, 5) is 13.3. The van der Waals surface area contributed by atoms with Crippen LogP contribution >= 0.6 is 0 Å². The van der Waals surface area contributed by atoms with E-state index < -0.39 is 10.1 Å². The topological polar surface area (TPSA) is 87.5 Å². The minimum Gasteiger partial charge on any atom is -0.378 e. The highest BCUT2D eigenvalue weighted by molar-refractivity contribution is 7.87. The summed E-state index contributed by atoms with van der Waals surface area (Å²) >= 11 is 0. The third-order valence-corrected chi connectivity index (χ3v) is 4.97. The summed E-state index contributed by atoms with van der Waals surface area (Å²) in [6.07, 6.45) is 1.31. The molecule has 0 aliphatic carbocycles. The second-order valence-electron chi connectivity index (χ2n) is 5.29. The lowest BCUT2D eigenvalue weighted by molar-refractivity contribution is -0.117. The van der Waals surface area contributed by atoms with E-state index in [-0.39, 0.29) is 22.1 Å². The molecule has 2 aromatic rings. The van der Waals surface area contributed by atoms with E-state index in [0.29, 0.717) is 18.7 Å². The van der Waals surface area contributed by atoms with Crippen LogP contribution in [0.5, 0.6) is 5.75 Å². The van der Waals surface area contributed by atoms with E-state index in [1.807, 2.05) is 6.07 Å². The molecule has 1 heterocycles. The smallest absolute Gasteiger partial charge is 0.339 e. The van der Waals surface area contributed by atoms with Crippen molar-refractivity contribution in [1.29, 1.82) is 5.26 Å². The molecule has 0 aromatic heterocycles. The van der Waals surface area contributed by atoms with Gasteiger partial charge in [0.2, 0.25) is 5.91 Å². The third-order valence-electron chi connectivity index (χ3n) is 3.72. The largest absolute Gasteiger partial charge is 0.378 e. The van der Waals surface area contributed by atoms with Crippen molar-refractivity contribution in [1.82, 2.24) is 0 Å². The fraction of sp³-hybridized carbons (Fsp3) is 0.176. The number of hydrogen-bond donors (Lipinski definition) is 0. The van der Waals surface area contributed by atoms with Crippen LogP contribution in [0.3, 0.4) is 0 Å². The maximum absolute atomic E-state index is 12.4. The quantitative estimate of drug-likeness (QED) is 0.797. The second-order valence-corrected chi connectivity index (χ2v) is 6.83. The van der Waals surface area contributed by atoms with Gasteiger partial charge in [0.15, 0.2) is 5.75 Å². The predicted octanol–water partition coefficient (Wildman–Crippen LogP) is 2.45. The fourth-order valence-electron chi connectivity index (χ4n) is 2.51. The van der Waals surface area contributed by atoms with E-state index >= 15 is 0 Å². The molecule has 3 rings (SSSR count). The minimum atomic E-state index is -4.05. The van der Waals surface area contributed by atoms with Crippen LogP contribution in [-0.2, 0) is 14.9 Å². The van der Waals surface area contributed by atoms with E-state index in [0.717, 1.165) is 6.42 Å². The van der Waals surface area contributed by atoms with E-state index in [2.05, 4.69) is 0 Å². The fourth-order valence-corrected chi connectivity index (χ4v) is 3.46. The van der Waals surface area contributed by atoms with Gasteiger partial charge in [-0.1, -0.05) is 12.1 Å². The third kappa shape index (κ3) is 3.09. The maximum Gasteiger partial charge on any atom is 0.339 e. The average molecular weight is 342 g/mol. The van der Waals surface area contributed by atoms with E-state index in [9.17, 15) is 13.2 Å². The number of amides is 1. The molecule has 0 N–H and O–H groups in total. The van der Waals surface area contributed by atoms with Gasteiger partial charge >= 0.3 is 10.1 Å². The standard InChI is InChI=1S/C17H14N2O4S/c18-12-13-4-1-2-5-16(13)23-24(21,22)15-9-7-14(8-10-15)19-11-3-6-17(19)20/h1-2,4-5,7-10H,3,6,11H2. The van der Waals surface area contributed by atoms with Crippen molar-refractivity contribution in [3.05, 3.63) is 54.1 Å². The summed E-state index contributed by atoms with van der Waals surface area (Å²) in [5.41, 5.74) is 0.800. The van der Waals surface area contributed by atoms with Crippen LogP contribution in [0.25, 0.3) is 0 Å². The lowest BCUT2D eigenvalue weighted by Gasteiger charge is -2.16. The van der Waals surface area contributed by atoms with Gasteiger partial charge in [-0.3, -0.25) is 4.79 Å². The highest BCUT2D eigenvalue weighted by Gasteiger charge is 2.23. The molecule has 6 nitrogen and oxygen atoms in total.